The van der Waals surface area contributed by atoms with Crippen LogP contribution in [0.4, 0.5) is 10.2 Å². The van der Waals surface area contributed by atoms with Gasteiger partial charge in [-0.05, 0) is 66.4 Å². The summed E-state index contributed by atoms with van der Waals surface area (Å²) in [6, 6.07) is 20.5. The molecule has 1 aliphatic carbocycles. The van der Waals surface area contributed by atoms with E-state index in [4.69, 9.17) is 15.1 Å². The molecule has 7 rings (SSSR count). The summed E-state index contributed by atoms with van der Waals surface area (Å²) in [6.07, 6.45) is 7.94. The summed E-state index contributed by atoms with van der Waals surface area (Å²) < 4.78 is 15.6. The van der Waals surface area contributed by atoms with E-state index >= 15 is 0 Å². The maximum Gasteiger partial charge on any atom is 0.253 e. The van der Waals surface area contributed by atoms with E-state index in [0.29, 0.717) is 25.6 Å². The van der Waals surface area contributed by atoms with Crippen LogP contribution in [-0.2, 0) is 6.42 Å². The number of aromatic nitrogens is 4. The summed E-state index contributed by atoms with van der Waals surface area (Å²) in [5, 5.41) is 8.00. The Balaban J connectivity index is 1.21. The highest BCUT2D eigenvalue weighted by atomic mass is 19.1. The van der Waals surface area contributed by atoms with E-state index in [1.807, 2.05) is 46.8 Å². The van der Waals surface area contributed by atoms with Gasteiger partial charge in [-0.25, -0.2) is 19.0 Å². The second-order valence-corrected chi connectivity index (χ2v) is 12.0. The van der Waals surface area contributed by atoms with E-state index in [1.165, 1.54) is 44.2 Å². The van der Waals surface area contributed by atoms with Crippen LogP contribution in [0.3, 0.4) is 0 Å². The standard InChI is InChI=1S/C35H37FN6O/c1-24-32-33(40-18-7-19-41(21-20-40)35(43)28-13-12-26-10-5-6-11-27(26)23-28)37-31(22-25-8-3-2-4-9-25)38-34(32)42(39-24)30-16-14-29(36)15-17-30/h5-6,10-17,23,25H,2-4,7-9,18-22H2,1H3. The maximum absolute atomic E-state index is 13.8. The summed E-state index contributed by atoms with van der Waals surface area (Å²) in [5.74, 6) is 2.10. The topological polar surface area (TPSA) is 67.2 Å². The van der Waals surface area contributed by atoms with Gasteiger partial charge in [0.25, 0.3) is 5.91 Å². The number of rotatable bonds is 5. The van der Waals surface area contributed by atoms with Gasteiger partial charge in [-0.1, -0.05) is 62.4 Å². The zero-order valence-electron chi connectivity index (χ0n) is 24.7. The second kappa shape index (κ2) is 11.7. The molecule has 0 bridgehead atoms. The van der Waals surface area contributed by atoms with E-state index in [9.17, 15) is 9.18 Å². The molecule has 0 unspecified atom stereocenters. The Labute approximate surface area is 251 Å². The molecule has 5 aromatic rings. The number of hydrogen-bond donors (Lipinski definition) is 0. The monoisotopic (exact) mass is 576 g/mol. The Morgan fingerprint density at radius 1 is 0.860 bits per heavy atom. The number of carbonyl (C=O) groups is 1. The smallest absolute Gasteiger partial charge is 0.253 e. The van der Waals surface area contributed by atoms with Gasteiger partial charge in [-0.15, -0.1) is 0 Å². The van der Waals surface area contributed by atoms with E-state index in [-0.39, 0.29) is 11.7 Å². The highest BCUT2D eigenvalue weighted by Gasteiger charge is 2.26. The molecule has 1 saturated carbocycles. The van der Waals surface area contributed by atoms with Crippen LogP contribution in [0.2, 0.25) is 0 Å². The molecule has 1 saturated heterocycles. The third-order valence-electron chi connectivity index (χ3n) is 9.08. The molecule has 2 aromatic heterocycles. The van der Waals surface area contributed by atoms with Gasteiger partial charge in [0.15, 0.2) is 5.65 Å². The lowest BCUT2D eigenvalue weighted by Gasteiger charge is -2.25. The number of fused-ring (bicyclic) bond motifs is 2. The first-order valence-electron chi connectivity index (χ1n) is 15.6. The summed E-state index contributed by atoms with van der Waals surface area (Å²) in [6.45, 7) is 4.76. The molecule has 2 fully saturated rings. The number of aryl methyl sites for hydroxylation is 1. The molecule has 0 N–H and O–H groups in total. The highest BCUT2D eigenvalue weighted by Crippen LogP contribution is 2.32. The fourth-order valence-corrected chi connectivity index (χ4v) is 6.77. The van der Waals surface area contributed by atoms with Gasteiger partial charge in [-0.2, -0.15) is 5.10 Å². The Kier molecular flexibility index (Phi) is 7.51. The molecular formula is C35H37FN6O. The molecule has 1 aliphatic heterocycles. The van der Waals surface area contributed by atoms with Gasteiger partial charge in [0, 0.05) is 38.2 Å². The molecule has 43 heavy (non-hydrogen) atoms. The van der Waals surface area contributed by atoms with Crippen LogP contribution >= 0.6 is 0 Å². The van der Waals surface area contributed by atoms with E-state index in [0.717, 1.165) is 69.8 Å². The van der Waals surface area contributed by atoms with Crippen molar-refractivity contribution in [3.8, 4) is 5.69 Å². The van der Waals surface area contributed by atoms with Crippen LogP contribution in [0.1, 0.15) is 60.4 Å². The van der Waals surface area contributed by atoms with Crippen molar-refractivity contribution in [2.45, 2.75) is 51.9 Å². The largest absolute Gasteiger partial charge is 0.354 e. The van der Waals surface area contributed by atoms with Crippen LogP contribution in [-0.4, -0.2) is 56.7 Å². The fraction of sp³-hybridized carbons (Fsp3) is 0.371. The third kappa shape index (κ3) is 5.58. The predicted molar refractivity (Wildman–Crippen MR) is 168 cm³/mol. The molecule has 220 valence electrons. The Bertz CT molecular complexity index is 1780. The van der Waals surface area contributed by atoms with Crippen LogP contribution in [0.15, 0.2) is 66.7 Å². The Hall–Kier alpha value is -4.33. The quantitative estimate of drug-likeness (QED) is 0.228. The van der Waals surface area contributed by atoms with Crippen molar-refractivity contribution in [1.29, 1.82) is 0 Å². The number of halogens is 1. The molecule has 1 amide bonds. The number of anilines is 1. The molecule has 0 atom stereocenters. The first kappa shape index (κ1) is 27.5. The van der Waals surface area contributed by atoms with Gasteiger partial charge in [0.1, 0.15) is 17.5 Å². The van der Waals surface area contributed by atoms with Crippen molar-refractivity contribution >= 4 is 33.5 Å². The normalized spacial score (nSPS) is 16.6. The van der Waals surface area contributed by atoms with Crippen LogP contribution < -0.4 is 4.90 Å². The van der Waals surface area contributed by atoms with Gasteiger partial charge >= 0.3 is 0 Å². The van der Waals surface area contributed by atoms with E-state index in [1.54, 1.807) is 12.1 Å². The number of carbonyl (C=O) groups excluding carboxylic acids is 1. The zero-order chi connectivity index (χ0) is 29.3. The first-order valence-corrected chi connectivity index (χ1v) is 15.6. The number of amides is 1. The molecule has 3 heterocycles. The van der Waals surface area contributed by atoms with Crippen molar-refractivity contribution < 1.29 is 9.18 Å². The maximum atomic E-state index is 13.8. The van der Waals surface area contributed by atoms with Crippen molar-refractivity contribution in [2.75, 3.05) is 31.1 Å². The van der Waals surface area contributed by atoms with Crippen molar-refractivity contribution in [1.82, 2.24) is 24.6 Å². The molecular weight excluding hydrogens is 539 g/mol. The van der Waals surface area contributed by atoms with Crippen LogP contribution in [0.25, 0.3) is 27.5 Å². The summed E-state index contributed by atoms with van der Waals surface area (Å²) in [4.78, 5) is 28.2. The third-order valence-corrected chi connectivity index (χ3v) is 9.08. The number of benzene rings is 3. The summed E-state index contributed by atoms with van der Waals surface area (Å²) >= 11 is 0. The van der Waals surface area contributed by atoms with Gasteiger partial charge < -0.3 is 9.80 Å². The Morgan fingerprint density at radius 2 is 1.65 bits per heavy atom. The highest BCUT2D eigenvalue weighted by molar-refractivity contribution is 5.98. The van der Waals surface area contributed by atoms with Crippen molar-refractivity contribution in [3.05, 3.63) is 89.6 Å². The first-order chi connectivity index (χ1) is 21.0. The second-order valence-electron chi connectivity index (χ2n) is 12.0. The predicted octanol–water partition coefficient (Wildman–Crippen LogP) is 6.89. The van der Waals surface area contributed by atoms with E-state index < -0.39 is 0 Å². The lowest BCUT2D eigenvalue weighted by molar-refractivity contribution is 0.0767. The average molecular weight is 577 g/mol. The fourth-order valence-electron chi connectivity index (χ4n) is 6.77. The average Bonchev–Trinajstić information content (AvgIpc) is 3.20. The van der Waals surface area contributed by atoms with Gasteiger partial charge in [0.2, 0.25) is 0 Å². The molecule has 3 aromatic carbocycles. The van der Waals surface area contributed by atoms with E-state index in [2.05, 4.69) is 17.0 Å². The van der Waals surface area contributed by atoms with Gasteiger partial charge in [-0.3, -0.25) is 4.79 Å². The molecule has 0 spiro atoms. The summed E-state index contributed by atoms with van der Waals surface area (Å²) in [5.41, 5.74) is 3.10. The van der Waals surface area contributed by atoms with Gasteiger partial charge in [0.05, 0.1) is 16.8 Å². The summed E-state index contributed by atoms with van der Waals surface area (Å²) in [7, 11) is 0. The molecule has 8 heteroatoms. The lowest BCUT2D eigenvalue weighted by atomic mass is 9.87. The van der Waals surface area contributed by atoms with Crippen LogP contribution in [0, 0.1) is 18.7 Å². The van der Waals surface area contributed by atoms with Crippen molar-refractivity contribution in [2.24, 2.45) is 5.92 Å². The SMILES string of the molecule is Cc1nn(-c2ccc(F)cc2)c2nc(CC3CCCCC3)nc(N3CCCN(C(=O)c4ccc5ccccc5c4)CC3)c12. The Morgan fingerprint density at radius 3 is 2.47 bits per heavy atom. The zero-order valence-corrected chi connectivity index (χ0v) is 24.7. The number of nitrogens with zero attached hydrogens (tertiary/aromatic N) is 6. The van der Waals surface area contributed by atoms with Crippen LogP contribution in [0.5, 0.6) is 0 Å². The minimum atomic E-state index is -0.280. The molecule has 2 aliphatic rings. The minimum Gasteiger partial charge on any atom is -0.354 e. The molecule has 7 nitrogen and oxygen atoms in total. The molecule has 0 radical (unpaired) electrons. The number of hydrogen-bond acceptors (Lipinski definition) is 5. The minimum absolute atomic E-state index is 0.0683. The lowest BCUT2D eigenvalue weighted by Crippen LogP contribution is -2.35. The van der Waals surface area contributed by atoms with Crippen molar-refractivity contribution in [3.63, 3.8) is 0 Å².